The Hall–Kier alpha value is -2.76. The second-order valence-corrected chi connectivity index (χ2v) is 4.32. The zero-order chi connectivity index (χ0) is 14.7. The molecular weight excluding hydrogens is 274 g/mol. The highest BCUT2D eigenvalue weighted by molar-refractivity contribution is 5.81. The van der Waals surface area contributed by atoms with Crippen molar-refractivity contribution in [3.8, 4) is 23.1 Å². The lowest BCUT2D eigenvalue weighted by atomic mass is 10.2. The van der Waals surface area contributed by atoms with Crippen molar-refractivity contribution in [3.63, 3.8) is 0 Å². The number of aromatic nitrogens is 1. The van der Waals surface area contributed by atoms with Gasteiger partial charge in [-0.3, -0.25) is 4.79 Å². The monoisotopic (exact) mass is 287 g/mol. The number of carbonyl (C=O) groups excluding carboxylic acids is 1. The first-order chi connectivity index (χ1) is 10.3. The molecule has 0 aliphatic carbocycles. The molecular formula is C15H13NO5. The van der Waals surface area contributed by atoms with Crippen LogP contribution >= 0.6 is 0 Å². The standard InChI is InChI=1S/C15H13NO5/c1-18-15-4-2-3-11(16-15)8-19-12-6-14-13(20-9-21-14)5-10(12)7-17/h2-7H,8-9H2,1H3. The summed E-state index contributed by atoms with van der Waals surface area (Å²) in [6.45, 7) is 0.367. The topological polar surface area (TPSA) is 66.9 Å². The average molecular weight is 287 g/mol. The van der Waals surface area contributed by atoms with Gasteiger partial charge in [-0.25, -0.2) is 4.98 Å². The summed E-state index contributed by atoms with van der Waals surface area (Å²) in [6, 6.07) is 8.64. The molecule has 0 radical (unpaired) electrons. The average Bonchev–Trinajstić information content (AvgIpc) is 2.99. The van der Waals surface area contributed by atoms with Crippen LogP contribution in [0, 0.1) is 0 Å². The van der Waals surface area contributed by atoms with Crippen LogP contribution in [0.4, 0.5) is 0 Å². The number of methoxy groups -OCH3 is 1. The Morgan fingerprint density at radius 1 is 1.29 bits per heavy atom. The molecule has 1 aromatic carbocycles. The van der Waals surface area contributed by atoms with Gasteiger partial charge in [-0.15, -0.1) is 0 Å². The van der Waals surface area contributed by atoms with E-state index in [-0.39, 0.29) is 13.4 Å². The molecule has 0 saturated carbocycles. The van der Waals surface area contributed by atoms with Crippen LogP contribution in [0.1, 0.15) is 16.1 Å². The zero-order valence-electron chi connectivity index (χ0n) is 11.4. The molecule has 0 unspecified atom stereocenters. The fourth-order valence-electron chi connectivity index (χ4n) is 1.96. The normalized spacial score (nSPS) is 12.0. The number of pyridine rings is 1. The van der Waals surface area contributed by atoms with Gasteiger partial charge in [0.2, 0.25) is 12.7 Å². The minimum atomic E-state index is 0.147. The van der Waals surface area contributed by atoms with E-state index in [1.165, 1.54) is 0 Å². The van der Waals surface area contributed by atoms with Crippen molar-refractivity contribution in [2.24, 2.45) is 0 Å². The number of hydrogen-bond donors (Lipinski definition) is 0. The SMILES string of the molecule is COc1cccc(COc2cc3c(cc2C=O)OCO3)n1. The maximum absolute atomic E-state index is 11.1. The minimum absolute atomic E-state index is 0.147. The van der Waals surface area contributed by atoms with Crippen molar-refractivity contribution < 1.29 is 23.7 Å². The van der Waals surface area contributed by atoms with Crippen LogP contribution in [-0.2, 0) is 6.61 Å². The number of ether oxygens (including phenoxy) is 4. The number of carbonyl (C=O) groups is 1. The predicted molar refractivity (Wildman–Crippen MR) is 73.1 cm³/mol. The van der Waals surface area contributed by atoms with Crippen LogP contribution in [0.15, 0.2) is 30.3 Å². The van der Waals surface area contributed by atoms with Crippen LogP contribution in [-0.4, -0.2) is 25.2 Å². The Balaban J connectivity index is 1.79. The van der Waals surface area contributed by atoms with Crippen molar-refractivity contribution >= 4 is 6.29 Å². The number of nitrogens with zero attached hydrogens (tertiary/aromatic N) is 1. The van der Waals surface area contributed by atoms with Gasteiger partial charge in [0, 0.05) is 12.1 Å². The highest BCUT2D eigenvalue weighted by atomic mass is 16.7. The molecule has 0 atom stereocenters. The first-order valence-corrected chi connectivity index (χ1v) is 6.31. The van der Waals surface area contributed by atoms with Gasteiger partial charge in [0.05, 0.1) is 18.4 Å². The van der Waals surface area contributed by atoms with E-state index in [1.807, 2.05) is 12.1 Å². The second kappa shape index (κ2) is 5.70. The van der Waals surface area contributed by atoms with Crippen LogP contribution in [0.25, 0.3) is 0 Å². The molecule has 2 aromatic rings. The Labute approximate surface area is 121 Å². The summed E-state index contributed by atoms with van der Waals surface area (Å²) in [7, 11) is 1.55. The van der Waals surface area contributed by atoms with E-state index in [1.54, 1.807) is 25.3 Å². The number of aldehydes is 1. The van der Waals surface area contributed by atoms with Gasteiger partial charge in [0.15, 0.2) is 17.8 Å². The van der Waals surface area contributed by atoms with Gasteiger partial charge in [-0.1, -0.05) is 6.07 Å². The molecule has 6 nitrogen and oxygen atoms in total. The summed E-state index contributed by atoms with van der Waals surface area (Å²) in [5.74, 6) is 2.05. The lowest BCUT2D eigenvalue weighted by Gasteiger charge is -2.09. The summed E-state index contributed by atoms with van der Waals surface area (Å²) in [5.41, 5.74) is 1.10. The molecule has 1 aliphatic heterocycles. The van der Waals surface area contributed by atoms with Crippen LogP contribution in [0.3, 0.4) is 0 Å². The van der Waals surface area contributed by atoms with Gasteiger partial charge in [0.25, 0.3) is 0 Å². The molecule has 21 heavy (non-hydrogen) atoms. The molecule has 0 saturated heterocycles. The molecule has 0 amide bonds. The fraction of sp³-hybridized carbons (Fsp3) is 0.200. The number of benzene rings is 1. The third-order valence-corrected chi connectivity index (χ3v) is 3.00. The van der Waals surface area contributed by atoms with Crippen molar-refractivity contribution in [2.45, 2.75) is 6.61 Å². The smallest absolute Gasteiger partial charge is 0.231 e. The van der Waals surface area contributed by atoms with E-state index in [0.29, 0.717) is 34.4 Å². The van der Waals surface area contributed by atoms with E-state index in [0.717, 1.165) is 6.29 Å². The van der Waals surface area contributed by atoms with Crippen molar-refractivity contribution in [1.82, 2.24) is 4.98 Å². The minimum Gasteiger partial charge on any atom is -0.486 e. The molecule has 108 valence electrons. The van der Waals surface area contributed by atoms with Gasteiger partial charge < -0.3 is 18.9 Å². The number of fused-ring (bicyclic) bond motifs is 1. The Morgan fingerprint density at radius 2 is 2.10 bits per heavy atom. The van der Waals surface area contributed by atoms with E-state index in [4.69, 9.17) is 18.9 Å². The molecule has 0 bridgehead atoms. The van der Waals surface area contributed by atoms with E-state index < -0.39 is 0 Å². The fourth-order valence-corrected chi connectivity index (χ4v) is 1.96. The maximum atomic E-state index is 11.1. The lowest BCUT2D eigenvalue weighted by Crippen LogP contribution is -2.01. The Kier molecular flexibility index (Phi) is 3.59. The van der Waals surface area contributed by atoms with Crippen molar-refractivity contribution in [2.75, 3.05) is 13.9 Å². The highest BCUT2D eigenvalue weighted by Gasteiger charge is 2.18. The first-order valence-electron chi connectivity index (χ1n) is 6.31. The molecule has 2 heterocycles. The maximum Gasteiger partial charge on any atom is 0.231 e. The van der Waals surface area contributed by atoms with Gasteiger partial charge in [-0.2, -0.15) is 0 Å². The Morgan fingerprint density at radius 3 is 2.86 bits per heavy atom. The summed E-state index contributed by atoms with van der Waals surface area (Å²) < 4.78 is 21.2. The molecule has 0 N–H and O–H groups in total. The summed E-state index contributed by atoms with van der Waals surface area (Å²) >= 11 is 0. The van der Waals surface area contributed by atoms with E-state index >= 15 is 0 Å². The van der Waals surface area contributed by atoms with Gasteiger partial charge in [0.1, 0.15) is 12.4 Å². The Bertz CT molecular complexity index is 671. The first kappa shape index (κ1) is 13.2. The van der Waals surface area contributed by atoms with Gasteiger partial charge in [-0.05, 0) is 12.1 Å². The molecule has 6 heteroatoms. The largest absolute Gasteiger partial charge is 0.486 e. The van der Waals surface area contributed by atoms with Crippen LogP contribution in [0.2, 0.25) is 0 Å². The quantitative estimate of drug-likeness (QED) is 0.785. The molecule has 3 rings (SSSR count). The highest BCUT2D eigenvalue weighted by Crippen LogP contribution is 2.37. The number of rotatable bonds is 5. The van der Waals surface area contributed by atoms with E-state index in [2.05, 4.69) is 4.98 Å². The molecule has 0 spiro atoms. The number of hydrogen-bond acceptors (Lipinski definition) is 6. The predicted octanol–water partition coefficient (Wildman–Crippen LogP) is 2.21. The van der Waals surface area contributed by atoms with Crippen molar-refractivity contribution in [1.29, 1.82) is 0 Å². The lowest BCUT2D eigenvalue weighted by molar-refractivity contribution is 0.111. The summed E-state index contributed by atoms with van der Waals surface area (Å²) in [6.07, 6.45) is 0.719. The molecule has 1 aromatic heterocycles. The van der Waals surface area contributed by atoms with Gasteiger partial charge >= 0.3 is 0 Å². The van der Waals surface area contributed by atoms with Crippen molar-refractivity contribution in [3.05, 3.63) is 41.6 Å². The third-order valence-electron chi connectivity index (χ3n) is 3.00. The molecule has 0 fully saturated rings. The second-order valence-electron chi connectivity index (χ2n) is 4.32. The summed E-state index contributed by atoms with van der Waals surface area (Å²) in [5, 5.41) is 0. The zero-order valence-corrected chi connectivity index (χ0v) is 11.4. The molecule has 1 aliphatic rings. The summed E-state index contributed by atoms with van der Waals surface area (Å²) in [4.78, 5) is 15.4. The van der Waals surface area contributed by atoms with Crippen LogP contribution < -0.4 is 18.9 Å². The van der Waals surface area contributed by atoms with E-state index in [9.17, 15) is 4.79 Å². The third kappa shape index (κ3) is 2.74. The van der Waals surface area contributed by atoms with Crippen LogP contribution in [0.5, 0.6) is 23.1 Å².